The van der Waals surface area contributed by atoms with Gasteiger partial charge >= 0.3 is 0 Å². The maximum Gasteiger partial charge on any atom is 0.156 e. The molecule has 0 aromatic heterocycles. The second-order valence-electron chi connectivity index (χ2n) is 6.21. The van der Waals surface area contributed by atoms with Crippen molar-refractivity contribution in [2.45, 2.75) is 32.6 Å². The van der Waals surface area contributed by atoms with E-state index in [2.05, 4.69) is 54.9 Å². The molecule has 2 rings (SSSR count). The Balaban J connectivity index is 2.07. The van der Waals surface area contributed by atoms with Gasteiger partial charge in [-0.05, 0) is 44.6 Å². The number of ether oxygens (including phenoxy) is 1. The standard InChI is InChI=1S/C18H22BrNO/c1-18(2,3)14-11-15(19)17(16(20)12-14)21-10-9-13-7-5-4-6-8-13/h4-8,11-12H,9-10,20H2,1-3H3. The van der Waals surface area contributed by atoms with Gasteiger partial charge in [-0.1, -0.05) is 51.1 Å². The molecule has 0 unspecified atom stereocenters. The van der Waals surface area contributed by atoms with Crippen LogP contribution >= 0.6 is 15.9 Å². The van der Waals surface area contributed by atoms with E-state index in [1.165, 1.54) is 11.1 Å². The first kappa shape index (κ1) is 15.9. The van der Waals surface area contributed by atoms with Gasteiger partial charge in [0.05, 0.1) is 16.8 Å². The molecule has 0 fully saturated rings. The van der Waals surface area contributed by atoms with Crippen LogP contribution in [0.1, 0.15) is 31.9 Å². The van der Waals surface area contributed by atoms with E-state index in [9.17, 15) is 0 Å². The van der Waals surface area contributed by atoms with Crippen molar-refractivity contribution >= 4 is 21.6 Å². The topological polar surface area (TPSA) is 35.2 Å². The molecular weight excluding hydrogens is 326 g/mol. The van der Waals surface area contributed by atoms with E-state index in [4.69, 9.17) is 10.5 Å². The highest BCUT2D eigenvalue weighted by molar-refractivity contribution is 9.10. The lowest BCUT2D eigenvalue weighted by atomic mass is 9.87. The minimum absolute atomic E-state index is 0.0687. The molecule has 21 heavy (non-hydrogen) atoms. The fourth-order valence-corrected chi connectivity index (χ4v) is 2.71. The normalized spacial score (nSPS) is 11.4. The van der Waals surface area contributed by atoms with Gasteiger partial charge in [0.2, 0.25) is 0 Å². The Morgan fingerprint density at radius 3 is 2.33 bits per heavy atom. The Morgan fingerprint density at radius 1 is 1.10 bits per heavy atom. The zero-order valence-corrected chi connectivity index (χ0v) is 14.4. The molecule has 0 bridgehead atoms. The summed E-state index contributed by atoms with van der Waals surface area (Å²) in [6.07, 6.45) is 0.869. The van der Waals surface area contributed by atoms with Crippen LogP contribution in [0.15, 0.2) is 46.9 Å². The van der Waals surface area contributed by atoms with E-state index < -0.39 is 0 Å². The van der Waals surface area contributed by atoms with Crippen LogP contribution in [0.25, 0.3) is 0 Å². The number of halogens is 1. The van der Waals surface area contributed by atoms with E-state index in [-0.39, 0.29) is 5.41 Å². The lowest BCUT2D eigenvalue weighted by Gasteiger charge is -2.21. The number of hydrogen-bond donors (Lipinski definition) is 1. The predicted molar refractivity (Wildman–Crippen MR) is 92.9 cm³/mol. The van der Waals surface area contributed by atoms with Crippen LogP contribution in [0.4, 0.5) is 5.69 Å². The second kappa shape index (κ2) is 6.52. The molecule has 0 saturated carbocycles. The van der Waals surface area contributed by atoms with Crippen LogP contribution < -0.4 is 10.5 Å². The van der Waals surface area contributed by atoms with Gasteiger partial charge in [0, 0.05) is 6.42 Å². The van der Waals surface area contributed by atoms with Crippen molar-refractivity contribution in [3.8, 4) is 5.75 Å². The number of hydrogen-bond acceptors (Lipinski definition) is 2. The molecule has 0 atom stereocenters. The highest BCUT2D eigenvalue weighted by Crippen LogP contribution is 2.36. The zero-order valence-electron chi connectivity index (χ0n) is 12.8. The molecule has 0 aliphatic heterocycles. The summed E-state index contributed by atoms with van der Waals surface area (Å²) in [5.41, 5.74) is 9.35. The number of nitrogens with two attached hydrogens (primary N) is 1. The van der Waals surface area contributed by atoms with Gasteiger partial charge in [0.15, 0.2) is 5.75 Å². The molecule has 2 aromatic carbocycles. The Morgan fingerprint density at radius 2 is 1.76 bits per heavy atom. The molecular formula is C18H22BrNO. The number of benzene rings is 2. The molecule has 0 radical (unpaired) electrons. The highest BCUT2D eigenvalue weighted by Gasteiger charge is 2.17. The summed E-state index contributed by atoms with van der Waals surface area (Å²) in [5.74, 6) is 0.735. The fraction of sp³-hybridized carbons (Fsp3) is 0.333. The quantitative estimate of drug-likeness (QED) is 0.794. The lowest BCUT2D eigenvalue weighted by molar-refractivity contribution is 0.321. The first-order valence-electron chi connectivity index (χ1n) is 7.14. The van der Waals surface area contributed by atoms with Crippen LogP contribution in [0.5, 0.6) is 5.75 Å². The molecule has 0 saturated heterocycles. The van der Waals surface area contributed by atoms with Crippen molar-refractivity contribution in [2.75, 3.05) is 12.3 Å². The first-order chi connectivity index (χ1) is 9.88. The third kappa shape index (κ3) is 4.24. The molecule has 3 heteroatoms. The fourth-order valence-electron chi connectivity index (χ4n) is 2.12. The molecule has 0 aliphatic carbocycles. The molecule has 0 aliphatic rings. The van der Waals surface area contributed by atoms with E-state index >= 15 is 0 Å². The van der Waals surface area contributed by atoms with Crippen LogP contribution in [0, 0.1) is 0 Å². The van der Waals surface area contributed by atoms with Crippen molar-refractivity contribution in [1.29, 1.82) is 0 Å². The molecule has 0 amide bonds. The van der Waals surface area contributed by atoms with Crippen molar-refractivity contribution in [3.05, 3.63) is 58.1 Å². The van der Waals surface area contributed by atoms with Gasteiger partial charge in [0.25, 0.3) is 0 Å². The van der Waals surface area contributed by atoms with Crippen LogP contribution in [0.2, 0.25) is 0 Å². The summed E-state index contributed by atoms with van der Waals surface area (Å²) in [5, 5.41) is 0. The van der Waals surface area contributed by atoms with Crippen molar-refractivity contribution in [1.82, 2.24) is 0 Å². The summed E-state index contributed by atoms with van der Waals surface area (Å²) in [7, 11) is 0. The van der Waals surface area contributed by atoms with Crippen LogP contribution in [-0.2, 0) is 11.8 Å². The average Bonchev–Trinajstić information content (AvgIpc) is 2.42. The molecule has 2 aromatic rings. The Kier molecular flexibility index (Phi) is 4.94. The number of nitrogen functional groups attached to an aromatic ring is 1. The summed E-state index contributed by atoms with van der Waals surface area (Å²) < 4.78 is 6.78. The predicted octanol–water partition coefficient (Wildman–Crippen LogP) is 4.95. The molecule has 2 N–H and O–H groups in total. The number of rotatable bonds is 4. The smallest absolute Gasteiger partial charge is 0.156 e. The average molecular weight is 348 g/mol. The monoisotopic (exact) mass is 347 g/mol. The van der Waals surface area contributed by atoms with E-state index in [1.54, 1.807) is 0 Å². The van der Waals surface area contributed by atoms with Crippen molar-refractivity contribution < 1.29 is 4.74 Å². The van der Waals surface area contributed by atoms with Gasteiger partial charge in [-0.15, -0.1) is 0 Å². The van der Waals surface area contributed by atoms with Gasteiger partial charge in [0.1, 0.15) is 0 Å². The Bertz CT molecular complexity index is 579. The van der Waals surface area contributed by atoms with Crippen LogP contribution in [-0.4, -0.2) is 6.61 Å². The molecule has 112 valence electrons. The molecule has 0 heterocycles. The highest BCUT2D eigenvalue weighted by atomic mass is 79.9. The minimum Gasteiger partial charge on any atom is -0.490 e. The van der Waals surface area contributed by atoms with Crippen molar-refractivity contribution in [2.24, 2.45) is 0 Å². The summed E-state index contributed by atoms with van der Waals surface area (Å²) in [6, 6.07) is 14.4. The lowest BCUT2D eigenvalue weighted by Crippen LogP contribution is -2.12. The molecule has 0 spiro atoms. The summed E-state index contributed by atoms with van der Waals surface area (Å²) in [4.78, 5) is 0. The Hall–Kier alpha value is -1.48. The van der Waals surface area contributed by atoms with Gasteiger partial charge in [-0.3, -0.25) is 0 Å². The summed E-state index contributed by atoms with van der Waals surface area (Å²) in [6.45, 7) is 7.13. The maximum atomic E-state index is 6.14. The third-order valence-corrected chi connectivity index (χ3v) is 4.01. The first-order valence-corrected chi connectivity index (χ1v) is 7.93. The third-order valence-electron chi connectivity index (χ3n) is 3.42. The Labute approximate surface area is 135 Å². The van der Waals surface area contributed by atoms with E-state index in [0.717, 1.165) is 16.6 Å². The zero-order chi connectivity index (χ0) is 15.5. The largest absolute Gasteiger partial charge is 0.490 e. The van der Waals surface area contributed by atoms with E-state index in [0.29, 0.717) is 12.3 Å². The van der Waals surface area contributed by atoms with E-state index in [1.807, 2.05) is 24.3 Å². The minimum atomic E-state index is 0.0687. The van der Waals surface area contributed by atoms with Gasteiger partial charge in [-0.25, -0.2) is 0 Å². The van der Waals surface area contributed by atoms with Gasteiger partial charge in [-0.2, -0.15) is 0 Å². The second-order valence-corrected chi connectivity index (χ2v) is 7.06. The maximum absolute atomic E-state index is 6.14. The van der Waals surface area contributed by atoms with Crippen molar-refractivity contribution in [3.63, 3.8) is 0 Å². The molecule has 2 nitrogen and oxygen atoms in total. The summed E-state index contributed by atoms with van der Waals surface area (Å²) >= 11 is 3.57. The number of anilines is 1. The van der Waals surface area contributed by atoms with Crippen LogP contribution in [0.3, 0.4) is 0 Å². The van der Waals surface area contributed by atoms with Gasteiger partial charge < -0.3 is 10.5 Å². The SMILES string of the molecule is CC(C)(C)c1cc(N)c(OCCc2ccccc2)c(Br)c1.